The van der Waals surface area contributed by atoms with E-state index in [9.17, 15) is 4.79 Å². The molecule has 3 aromatic rings. The summed E-state index contributed by atoms with van der Waals surface area (Å²) in [6.07, 6.45) is 4.04. The third-order valence-corrected chi connectivity index (χ3v) is 6.14. The molecule has 6 heteroatoms. The van der Waals surface area contributed by atoms with Crippen LogP contribution in [0.25, 0.3) is 10.9 Å². The fourth-order valence-electron chi connectivity index (χ4n) is 3.66. The molecule has 0 radical (unpaired) electrons. The van der Waals surface area contributed by atoms with Gasteiger partial charge in [-0.3, -0.25) is 4.79 Å². The lowest BCUT2D eigenvalue weighted by atomic mass is 10.2. The molecule has 0 bridgehead atoms. The molecule has 1 saturated heterocycles. The number of benzene rings is 1. The second-order valence-electron chi connectivity index (χ2n) is 6.94. The molecule has 1 aliphatic heterocycles. The van der Waals surface area contributed by atoms with Gasteiger partial charge in [-0.25, -0.2) is 9.97 Å². The Kier molecular flexibility index (Phi) is 5.27. The molecule has 1 unspecified atom stereocenters. The number of carbonyl (C=O) groups excluding carboxylic acids is 1. The van der Waals surface area contributed by atoms with Crippen LogP contribution in [0, 0.1) is 13.8 Å². The zero-order chi connectivity index (χ0) is 18.8. The number of nitrogens with zero attached hydrogens (tertiary/aromatic N) is 3. The van der Waals surface area contributed by atoms with Crippen molar-refractivity contribution >= 4 is 28.4 Å². The summed E-state index contributed by atoms with van der Waals surface area (Å²) in [7, 11) is 0. The van der Waals surface area contributed by atoms with Crippen LogP contribution in [0.4, 0.5) is 0 Å². The number of hydrogen-bond acceptors (Lipinski definition) is 5. The number of Topliss-reactive ketones (excluding diaryl/α,β-unsaturated/α-hetero) is 1. The molecular weight excluding hydrogens is 358 g/mol. The first-order valence-electron chi connectivity index (χ1n) is 9.27. The van der Waals surface area contributed by atoms with Crippen LogP contribution < -0.4 is 0 Å². The van der Waals surface area contributed by atoms with Gasteiger partial charge in [0.2, 0.25) is 0 Å². The molecule has 0 saturated carbocycles. The number of thioether (sulfide) groups is 1. The number of ether oxygens (including phenoxy) is 1. The van der Waals surface area contributed by atoms with Crippen molar-refractivity contribution in [3.8, 4) is 0 Å². The first-order valence-corrected chi connectivity index (χ1v) is 10.3. The van der Waals surface area contributed by atoms with Gasteiger partial charge in [0.15, 0.2) is 5.78 Å². The molecule has 2 aromatic heterocycles. The van der Waals surface area contributed by atoms with Crippen LogP contribution in [0.5, 0.6) is 0 Å². The Hall–Kier alpha value is -2.18. The summed E-state index contributed by atoms with van der Waals surface area (Å²) in [6.45, 7) is 5.76. The number of aromatic nitrogens is 3. The fraction of sp³-hybridized carbons (Fsp3) is 0.381. The number of rotatable bonds is 6. The molecule has 0 spiro atoms. The average molecular weight is 382 g/mol. The number of hydrogen-bond donors (Lipinski definition) is 0. The van der Waals surface area contributed by atoms with E-state index in [1.54, 1.807) is 6.33 Å². The van der Waals surface area contributed by atoms with Gasteiger partial charge in [-0.2, -0.15) is 0 Å². The van der Waals surface area contributed by atoms with Crippen molar-refractivity contribution in [1.29, 1.82) is 0 Å². The van der Waals surface area contributed by atoms with Gasteiger partial charge in [0.1, 0.15) is 11.4 Å². The van der Waals surface area contributed by atoms with Gasteiger partial charge < -0.3 is 9.30 Å². The minimum atomic E-state index is 0.134. The summed E-state index contributed by atoms with van der Waals surface area (Å²) >= 11 is 1.47. The lowest BCUT2D eigenvalue weighted by Gasteiger charge is -2.14. The molecule has 140 valence electrons. The number of ketones is 1. The van der Waals surface area contributed by atoms with Crippen molar-refractivity contribution in [1.82, 2.24) is 14.5 Å². The highest BCUT2D eigenvalue weighted by Crippen LogP contribution is 2.26. The van der Waals surface area contributed by atoms with Crippen LogP contribution >= 0.6 is 11.8 Å². The van der Waals surface area contributed by atoms with Gasteiger partial charge in [0.25, 0.3) is 0 Å². The third-order valence-electron chi connectivity index (χ3n) is 5.13. The average Bonchev–Trinajstić information content (AvgIpc) is 3.30. The van der Waals surface area contributed by atoms with E-state index in [1.165, 1.54) is 11.8 Å². The lowest BCUT2D eigenvalue weighted by molar-refractivity contribution is 0.0957. The minimum Gasteiger partial charge on any atom is -0.376 e. The Labute approximate surface area is 163 Å². The van der Waals surface area contributed by atoms with Gasteiger partial charge in [-0.1, -0.05) is 30.0 Å². The van der Waals surface area contributed by atoms with E-state index in [-0.39, 0.29) is 11.9 Å². The summed E-state index contributed by atoms with van der Waals surface area (Å²) in [4.78, 5) is 21.5. The molecule has 3 heterocycles. The maximum atomic E-state index is 12.9. The quantitative estimate of drug-likeness (QED) is 0.364. The highest BCUT2D eigenvalue weighted by Gasteiger charge is 2.21. The van der Waals surface area contributed by atoms with Crippen molar-refractivity contribution in [2.24, 2.45) is 0 Å². The zero-order valence-electron chi connectivity index (χ0n) is 15.6. The summed E-state index contributed by atoms with van der Waals surface area (Å²) in [5.74, 6) is 0.500. The molecule has 0 amide bonds. The molecule has 5 nitrogen and oxygen atoms in total. The van der Waals surface area contributed by atoms with E-state index >= 15 is 0 Å². The van der Waals surface area contributed by atoms with Crippen LogP contribution in [-0.4, -0.2) is 38.8 Å². The standard InChI is InChI=1S/C21H23N3O2S/c1-14-10-18(15(2)24(14)11-16-6-5-9-26-16)20(25)12-27-21-17-7-3-4-8-19(17)22-13-23-21/h3-4,7-8,10,13,16H,5-6,9,11-12H2,1-2H3. The van der Waals surface area contributed by atoms with E-state index in [2.05, 4.69) is 21.5 Å². The van der Waals surface area contributed by atoms with E-state index < -0.39 is 0 Å². The smallest absolute Gasteiger partial charge is 0.174 e. The molecule has 1 fully saturated rings. The number of fused-ring (bicyclic) bond motifs is 1. The topological polar surface area (TPSA) is 57.0 Å². The molecule has 1 atom stereocenters. The van der Waals surface area contributed by atoms with Crippen molar-refractivity contribution in [2.75, 3.05) is 12.4 Å². The van der Waals surface area contributed by atoms with Crippen LogP contribution in [0.2, 0.25) is 0 Å². The maximum Gasteiger partial charge on any atom is 0.174 e. The lowest BCUT2D eigenvalue weighted by Crippen LogP contribution is -2.17. The largest absolute Gasteiger partial charge is 0.376 e. The summed E-state index contributed by atoms with van der Waals surface area (Å²) in [5.41, 5.74) is 3.85. The molecule has 0 N–H and O–H groups in total. The van der Waals surface area contributed by atoms with Gasteiger partial charge >= 0.3 is 0 Å². The molecule has 4 rings (SSSR count). The highest BCUT2D eigenvalue weighted by atomic mass is 32.2. The second-order valence-corrected chi connectivity index (χ2v) is 7.90. The molecule has 1 aliphatic rings. The molecular formula is C21H23N3O2S. The van der Waals surface area contributed by atoms with E-state index in [0.29, 0.717) is 5.75 Å². The molecule has 1 aromatic carbocycles. The molecule has 0 aliphatic carbocycles. The van der Waals surface area contributed by atoms with Gasteiger partial charge in [-0.05, 0) is 38.8 Å². The van der Waals surface area contributed by atoms with Gasteiger partial charge in [0, 0.05) is 35.5 Å². The number of aryl methyl sites for hydroxylation is 1. The zero-order valence-corrected chi connectivity index (χ0v) is 16.5. The third kappa shape index (κ3) is 3.77. The van der Waals surface area contributed by atoms with Gasteiger partial charge in [-0.15, -0.1) is 0 Å². The van der Waals surface area contributed by atoms with Crippen LogP contribution in [-0.2, 0) is 11.3 Å². The van der Waals surface area contributed by atoms with Crippen molar-refractivity contribution < 1.29 is 9.53 Å². The van der Waals surface area contributed by atoms with E-state index in [0.717, 1.165) is 58.9 Å². The Bertz CT molecular complexity index is 971. The first kappa shape index (κ1) is 18.2. The maximum absolute atomic E-state index is 12.9. The Balaban J connectivity index is 1.49. The van der Waals surface area contributed by atoms with Crippen LogP contribution in [0.15, 0.2) is 41.7 Å². The fourth-order valence-corrected chi connectivity index (χ4v) is 4.54. The number of para-hydroxylation sites is 1. The van der Waals surface area contributed by atoms with Crippen molar-refractivity contribution in [2.45, 2.75) is 44.4 Å². The monoisotopic (exact) mass is 381 g/mol. The van der Waals surface area contributed by atoms with Gasteiger partial charge in [0.05, 0.1) is 17.4 Å². The summed E-state index contributed by atoms with van der Waals surface area (Å²) < 4.78 is 7.98. The minimum absolute atomic E-state index is 0.134. The van der Waals surface area contributed by atoms with Crippen molar-refractivity contribution in [3.05, 3.63) is 53.6 Å². The van der Waals surface area contributed by atoms with E-state index in [1.807, 2.05) is 37.3 Å². The van der Waals surface area contributed by atoms with Crippen molar-refractivity contribution in [3.63, 3.8) is 0 Å². The van der Waals surface area contributed by atoms with Crippen LogP contribution in [0.1, 0.15) is 34.6 Å². The molecule has 27 heavy (non-hydrogen) atoms. The summed E-state index contributed by atoms with van der Waals surface area (Å²) in [6, 6.07) is 9.89. The Morgan fingerprint density at radius 1 is 1.30 bits per heavy atom. The SMILES string of the molecule is Cc1cc(C(=O)CSc2ncnc3ccccc23)c(C)n1CC1CCCO1. The second kappa shape index (κ2) is 7.82. The Morgan fingerprint density at radius 3 is 2.96 bits per heavy atom. The highest BCUT2D eigenvalue weighted by molar-refractivity contribution is 8.00. The normalized spacial score (nSPS) is 16.9. The van der Waals surface area contributed by atoms with E-state index in [4.69, 9.17) is 4.74 Å². The van der Waals surface area contributed by atoms with Crippen LogP contribution in [0.3, 0.4) is 0 Å². The number of carbonyl (C=O) groups is 1. The Morgan fingerprint density at radius 2 is 2.15 bits per heavy atom. The predicted octanol–water partition coefficient (Wildman–Crippen LogP) is 4.20. The first-order chi connectivity index (χ1) is 13.1. The summed E-state index contributed by atoms with van der Waals surface area (Å²) in [5, 5.41) is 1.84. The predicted molar refractivity (Wildman–Crippen MR) is 107 cm³/mol.